The second kappa shape index (κ2) is 14.7. The van der Waals surface area contributed by atoms with E-state index >= 15 is 0 Å². The monoisotopic (exact) mass is 774 g/mol. The highest BCUT2D eigenvalue weighted by molar-refractivity contribution is 7.92. The third kappa shape index (κ3) is 8.33. The van der Waals surface area contributed by atoms with Crippen LogP contribution in [0.5, 0.6) is 11.5 Å². The van der Waals surface area contributed by atoms with Gasteiger partial charge in [-0.05, 0) is 68.5 Å². The molecule has 2 aromatic carbocycles. The van der Waals surface area contributed by atoms with Gasteiger partial charge in [-0.3, -0.25) is 14.2 Å². The van der Waals surface area contributed by atoms with Gasteiger partial charge in [-0.1, -0.05) is 0 Å². The number of rotatable bonds is 12. The first-order chi connectivity index (χ1) is 25.4. The Hall–Kier alpha value is -5.50. The zero-order valence-corrected chi connectivity index (χ0v) is 30.5. The van der Waals surface area contributed by atoms with Gasteiger partial charge in [0.2, 0.25) is 15.9 Å². The SMILES string of the molecule is CN(C)CCCC(=O)N1CCc2nc(-c3[nH]nc4nc(-c5cc(F)c(O)cc5CC(F)(F)F)nc(NCc5cc(O)ccc5N(C)S(C)(=O)=O)c34)[nH]c2C1. The molecular formula is C34H38F4N10O5S. The fourth-order valence-electron chi connectivity index (χ4n) is 6.23. The summed E-state index contributed by atoms with van der Waals surface area (Å²) in [6, 6.07) is 5.43. The van der Waals surface area contributed by atoms with Crippen molar-refractivity contribution in [1.29, 1.82) is 0 Å². The van der Waals surface area contributed by atoms with Gasteiger partial charge in [0.05, 0.1) is 41.7 Å². The lowest BCUT2D eigenvalue weighted by Crippen LogP contribution is -2.36. The molecule has 5 aromatic rings. The minimum atomic E-state index is -4.73. The van der Waals surface area contributed by atoms with Gasteiger partial charge in [-0.15, -0.1) is 0 Å². The predicted octanol–water partition coefficient (Wildman–Crippen LogP) is 4.30. The second-order valence-electron chi connectivity index (χ2n) is 13.3. The molecule has 1 aliphatic heterocycles. The Kier molecular flexibility index (Phi) is 10.4. The van der Waals surface area contributed by atoms with Gasteiger partial charge in [-0.25, -0.2) is 27.8 Å². The number of aromatic nitrogens is 6. The Morgan fingerprint density at radius 1 is 1.07 bits per heavy atom. The topological polar surface area (TPSA) is 197 Å². The van der Waals surface area contributed by atoms with Crippen LogP contribution in [0.1, 0.15) is 35.4 Å². The van der Waals surface area contributed by atoms with E-state index in [0.717, 1.165) is 22.8 Å². The molecule has 3 aromatic heterocycles. The van der Waals surface area contributed by atoms with Gasteiger partial charge in [0.1, 0.15) is 17.3 Å². The largest absolute Gasteiger partial charge is 0.508 e. The molecule has 0 radical (unpaired) electrons. The van der Waals surface area contributed by atoms with E-state index in [1.807, 2.05) is 19.0 Å². The molecule has 15 nitrogen and oxygen atoms in total. The number of phenols is 2. The first-order valence-electron chi connectivity index (χ1n) is 16.7. The third-order valence-corrected chi connectivity index (χ3v) is 10.2. The Bertz CT molecular complexity index is 2330. The van der Waals surface area contributed by atoms with Crippen LogP contribution in [0.25, 0.3) is 33.9 Å². The molecule has 5 N–H and O–H groups in total. The molecule has 288 valence electrons. The molecular weight excluding hydrogens is 736 g/mol. The lowest BCUT2D eigenvalue weighted by molar-refractivity contribution is -0.132. The highest BCUT2D eigenvalue weighted by Crippen LogP contribution is 2.37. The number of H-pyrrole nitrogens is 2. The first-order valence-corrected chi connectivity index (χ1v) is 18.6. The fourth-order valence-corrected chi connectivity index (χ4v) is 6.76. The highest BCUT2D eigenvalue weighted by atomic mass is 32.2. The number of hydrogen-bond donors (Lipinski definition) is 5. The molecule has 0 unspecified atom stereocenters. The van der Waals surface area contributed by atoms with E-state index in [9.17, 15) is 41.0 Å². The number of imidazole rings is 1. The number of aromatic amines is 2. The number of carbonyl (C=O) groups is 1. The van der Waals surface area contributed by atoms with Crippen molar-refractivity contribution in [3.05, 3.63) is 58.7 Å². The number of fused-ring (bicyclic) bond motifs is 2. The van der Waals surface area contributed by atoms with Crippen LogP contribution >= 0.6 is 0 Å². The van der Waals surface area contributed by atoms with Gasteiger partial charge in [0.25, 0.3) is 0 Å². The standard InChI is InChI=1S/C34H38F4N10O5S/c1-46(2)10-5-6-27(51)48-11-9-23-24(17-48)41-33(40-23)29-28-31(39-16-19-12-20(49)7-8-25(19)47(3)54(4,52)53)42-30(43-32(28)45-44-29)21-14-22(35)26(50)13-18(21)15-34(36,37)38/h7-8,12-14,49-50H,5-6,9-11,15-17H2,1-4H3,(H,40,41)(H2,39,42,43,44,45). The molecule has 0 bridgehead atoms. The number of halogens is 4. The normalized spacial score (nSPS) is 13.5. The van der Waals surface area contributed by atoms with Gasteiger partial charge >= 0.3 is 6.18 Å². The molecule has 0 spiro atoms. The number of sulfonamides is 1. The van der Waals surface area contributed by atoms with Crippen molar-refractivity contribution in [3.63, 3.8) is 0 Å². The second-order valence-corrected chi connectivity index (χ2v) is 15.3. The van der Waals surface area contributed by atoms with Crippen LogP contribution in [-0.2, 0) is 40.7 Å². The van der Waals surface area contributed by atoms with Crippen LogP contribution in [0.3, 0.4) is 0 Å². The molecule has 4 heterocycles. The smallest absolute Gasteiger partial charge is 0.393 e. The van der Waals surface area contributed by atoms with Crippen LogP contribution in [0.4, 0.5) is 29.1 Å². The average Bonchev–Trinajstić information content (AvgIpc) is 3.71. The van der Waals surface area contributed by atoms with Crippen LogP contribution in [0, 0.1) is 5.82 Å². The third-order valence-electron chi connectivity index (χ3n) is 8.98. The number of phenolic OH excluding ortho intramolecular Hbond substituents is 2. The molecule has 0 atom stereocenters. The lowest BCUT2D eigenvalue weighted by atomic mass is 10.0. The van der Waals surface area contributed by atoms with Gasteiger partial charge < -0.3 is 30.3 Å². The van der Waals surface area contributed by atoms with Crippen LogP contribution in [-0.4, -0.2) is 111 Å². The first kappa shape index (κ1) is 38.2. The summed E-state index contributed by atoms with van der Waals surface area (Å²) in [4.78, 5) is 33.6. The van der Waals surface area contributed by atoms with E-state index < -0.39 is 39.8 Å². The molecule has 0 saturated heterocycles. The van der Waals surface area contributed by atoms with Crippen molar-refractivity contribution in [1.82, 2.24) is 39.9 Å². The van der Waals surface area contributed by atoms with Crippen molar-refractivity contribution in [3.8, 4) is 34.4 Å². The summed E-state index contributed by atoms with van der Waals surface area (Å²) >= 11 is 0. The lowest BCUT2D eigenvalue weighted by Gasteiger charge is -2.26. The fraction of sp³-hybridized carbons (Fsp3) is 0.382. The molecule has 1 aliphatic rings. The van der Waals surface area contributed by atoms with Crippen molar-refractivity contribution in [2.45, 2.75) is 44.9 Å². The molecule has 54 heavy (non-hydrogen) atoms. The molecule has 6 rings (SSSR count). The number of nitrogens with one attached hydrogen (secondary N) is 3. The maximum absolute atomic E-state index is 14.7. The van der Waals surface area contributed by atoms with Crippen molar-refractivity contribution in [2.24, 2.45) is 0 Å². The number of nitrogens with zero attached hydrogens (tertiary/aromatic N) is 7. The molecule has 1 amide bonds. The summed E-state index contributed by atoms with van der Waals surface area (Å²) in [7, 11) is 1.48. The number of amides is 1. The quantitative estimate of drug-likeness (QED) is 0.113. The van der Waals surface area contributed by atoms with Crippen molar-refractivity contribution in [2.75, 3.05) is 50.1 Å². The van der Waals surface area contributed by atoms with Crippen molar-refractivity contribution >= 4 is 38.5 Å². The van der Waals surface area contributed by atoms with E-state index in [0.29, 0.717) is 61.6 Å². The van der Waals surface area contributed by atoms with E-state index in [4.69, 9.17) is 4.98 Å². The summed E-state index contributed by atoms with van der Waals surface area (Å²) in [6.07, 6.45) is -3.66. The Morgan fingerprint density at radius 2 is 1.83 bits per heavy atom. The number of alkyl halides is 3. The number of benzene rings is 2. The number of aromatic hydroxyl groups is 2. The average molecular weight is 775 g/mol. The molecule has 0 aliphatic carbocycles. The van der Waals surface area contributed by atoms with E-state index in [1.165, 1.54) is 25.2 Å². The highest BCUT2D eigenvalue weighted by Gasteiger charge is 2.32. The summed E-state index contributed by atoms with van der Waals surface area (Å²) in [5.74, 6) is -2.38. The molecule has 0 fully saturated rings. The maximum atomic E-state index is 14.7. The molecule has 20 heteroatoms. The van der Waals surface area contributed by atoms with Gasteiger partial charge in [0.15, 0.2) is 28.9 Å². The maximum Gasteiger partial charge on any atom is 0.393 e. The predicted molar refractivity (Wildman–Crippen MR) is 192 cm³/mol. The van der Waals surface area contributed by atoms with E-state index in [2.05, 4.69) is 30.5 Å². The van der Waals surface area contributed by atoms with Crippen LogP contribution in [0.2, 0.25) is 0 Å². The summed E-state index contributed by atoms with van der Waals surface area (Å²) in [5, 5.41) is 30.7. The summed E-state index contributed by atoms with van der Waals surface area (Å²) < 4.78 is 81.4. The summed E-state index contributed by atoms with van der Waals surface area (Å²) in [6.45, 7) is 1.37. The minimum absolute atomic E-state index is 0.00596. The minimum Gasteiger partial charge on any atom is -0.508 e. The Labute approximate surface area is 307 Å². The zero-order valence-electron chi connectivity index (χ0n) is 29.7. The number of hydrogen-bond acceptors (Lipinski definition) is 11. The Balaban J connectivity index is 1.43. The van der Waals surface area contributed by atoms with E-state index in [-0.39, 0.29) is 57.8 Å². The molecule has 0 saturated carbocycles. The van der Waals surface area contributed by atoms with Gasteiger partial charge in [0, 0.05) is 38.5 Å². The Morgan fingerprint density at radius 3 is 2.54 bits per heavy atom. The van der Waals surface area contributed by atoms with Crippen LogP contribution < -0.4 is 9.62 Å². The van der Waals surface area contributed by atoms with Crippen LogP contribution in [0.15, 0.2) is 30.3 Å². The van der Waals surface area contributed by atoms with E-state index in [1.54, 1.807) is 4.90 Å². The summed E-state index contributed by atoms with van der Waals surface area (Å²) in [5.41, 5.74) is 1.35. The zero-order chi connectivity index (χ0) is 39.1. The number of carbonyl (C=O) groups excluding carboxylic acids is 1. The number of anilines is 2. The van der Waals surface area contributed by atoms with Crippen molar-refractivity contribution < 1.29 is 41.0 Å². The van der Waals surface area contributed by atoms with Gasteiger partial charge in [-0.2, -0.15) is 18.3 Å².